The van der Waals surface area contributed by atoms with E-state index in [-0.39, 0.29) is 17.7 Å². The molecule has 0 aliphatic carbocycles. The Labute approximate surface area is 133 Å². The largest absolute Gasteiger partial charge is 0.352 e. The second kappa shape index (κ2) is 8.90. The minimum atomic E-state index is -3.37. The summed E-state index contributed by atoms with van der Waals surface area (Å²) in [5.74, 6) is -0.0774. The summed E-state index contributed by atoms with van der Waals surface area (Å²) >= 11 is 0. The third-order valence-corrected chi connectivity index (χ3v) is 4.63. The van der Waals surface area contributed by atoms with Crippen molar-refractivity contribution in [3.05, 3.63) is 35.4 Å². The van der Waals surface area contributed by atoms with Crippen LogP contribution in [0.1, 0.15) is 51.2 Å². The summed E-state index contributed by atoms with van der Waals surface area (Å²) in [5.41, 5.74) is 1.55. The molecular formula is C16H26N2O3S. The smallest absolute Gasteiger partial charge is 0.220 e. The van der Waals surface area contributed by atoms with Crippen LogP contribution in [-0.2, 0) is 27.1 Å². The van der Waals surface area contributed by atoms with Gasteiger partial charge in [0.25, 0.3) is 0 Å². The molecule has 0 aliphatic rings. The molecule has 1 rings (SSSR count). The summed E-state index contributed by atoms with van der Waals surface area (Å²) in [6.07, 6.45) is 2.34. The molecule has 0 radical (unpaired) electrons. The van der Waals surface area contributed by atoms with Crippen molar-refractivity contribution < 1.29 is 13.2 Å². The van der Waals surface area contributed by atoms with Crippen LogP contribution in [0.25, 0.3) is 0 Å². The van der Waals surface area contributed by atoms with Gasteiger partial charge in [-0.3, -0.25) is 4.79 Å². The van der Waals surface area contributed by atoms with E-state index >= 15 is 0 Å². The molecule has 0 heterocycles. The van der Waals surface area contributed by atoms with Gasteiger partial charge in [0.1, 0.15) is 0 Å². The molecule has 1 aromatic carbocycles. The van der Waals surface area contributed by atoms with Crippen molar-refractivity contribution in [2.24, 2.45) is 0 Å². The van der Waals surface area contributed by atoms with Gasteiger partial charge in [-0.05, 0) is 31.4 Å². The molecule has 0 unspecified atom stereocenters. The van der Waals surface area contributed by atoms with Crippen molar-refractivity contribution in [3.63, 3.8) is 0 Å². The van der Waals surface area contributed by atoms with E-state index in [1.807, 2.05) is 25.1 Å². The number of hydrogen-bond acceptors (Lipinski definition) is 3. The molecule has 1 amide bonds. The monoisotopic (exact) mass is 326 g/mol. The van der Waals surface area contributed by atoms with Crippen molar-refractivity contribution in [2.75, 3.05) is 0 Å². The molecule has 6 heteroatoms. The maximum atomic E-state index is 12.0. The predicted octanol–water partition coefficient (Wildman–Crippen LogP) is 2.32. The first-order valence-electron chi connectivity index (χ1n) is 7.67. The van der Waals surface area contributed by atoms with Crippen molar-refractivity contribution >= 4 is 15.9 Å². The van der Waals surface area contributed by atoms with Gasteiger partial charge in [-0.2, -0.15) is 0 Å². The van der Waals surface area contributed by atoms with Crippen LogP contribution in [0.2, 0.25) is 0 Å². The standard InChI is InChI=1S/C16H26N2O3S/c1-4-5-10-16(19)17-11-14-8-6-7-9-15(14)12-22(20,21)18-13(2)3/h6-9,13,18H,4-5,10-12H2,1-3H3,(H,17,19). The Balaban J connectivity index is 2.72. The lowest BCUT2D eigenvalue weighted by molar-refractivity contribution is -0.121. The van der Waals surface area contributed by atoms with E-state index in [2.05, 4.69) is 10.0 Å². The van der Waals surface area contributed by atoms with Gasteiger partial charge in [0.15, 0.2) is 0 Å². The lowest BCUT2D eigenvalue weighted by Gasteiger charge is -2.13. The first-order chi connectivity index (χ1) is 10.3. The Kier molecular flexibility index (Phi) is 7.55. The molecule has 22 heavy (non-hydrogen) atoms. The van der Waals surface area contributed by atoms with Crippen LogP contribution in [0.5, 0.6) is 0 Å². The molecule has 0 saturated carbocycles. The fourth-order valence-corrected chi connectivity index (χ4v) is 3.59. The molecule has 0 saturated heterocycles. The SMILES string of the molecule is CCCCC(=O)NCc1ccccc1CS(=O)(=O)NC(C)C. The fourth-order valence-electron chi connectivity index (χ4n) is 2.10. The zero-order valence-corrected chi connectivity index (χ0v) is 14.4. The number of nitrogens with one attached hydrogen (secondary N) is 2. The van der Waals surface area contributed by atoms with E-state index in [1.165, 1.54) is 0 Å². The topological polar surface area (TPSA) is 75.3 Å². The first kappa shape index (κ1) is 18.6. The van der Waals surface area contributed by atoms with E-state index < -0.39 is 10.0 Å². The minimum absolute atomic E-state index is 0.000171. The van der Waals surface area contributed by atoms with E-state index in [0.717, 1.165) is 18.4 Å². The Morgan fingerprint density at radius 2 is 1.82 bits per heavy atom. The molecule has 0 spiro atoms. The molecule has 0 aromatic heterocycles. The fraction of sp³-hybridized carbons (Fsp3) is 0.562. The average Bonchev–Trinajstić information content (AvgIpc) is 2.42. The van der Waals surface area contributed by atoms with E-state index in [1.54, 1.807) is 19.9 Å². The summed E-state index contributed by atoms with van der Waals surface area (Å²) in [5, 5.41) is 2.85. The number of carbonyl (C=O) groups excluding carboxylic acids is 1. The van der Waals surface area contributed by atoms with E-state index in [9.17, 15) is 13.2 Å². The van der Waals surface area contributed by atoms with Gasteiger partial charge in [0, 0.05) is 19.0 Å². The zero-order chi connectivity index (χ0) is 16.6. The Morgan fingerprint density at radius 3 is 2.41 bits per heavy atom. The molecule has 0 atom stereocenters. The van der Waals surface area contributed by atoms with Gasteiger partial charge >= 0.3 is 0 Å². The van der Waals surface area contributed by atoms with Crippen molar-refractivity contribution in [1.82, 2.24) is 10.0 Å². The number of amides is 1. The van der Waals surface area contributed by atoms with Crippen LogP contribution >= 0.6 is 0 Å². The van der Waals surface area contributed by atoms with Gasteiger partial charge in [-0.1, -0.05) is 37.6 Å². The molecule has 0 bridgehead atoms. The molecule has 0 aliphatic heterocycles. The number of benzene rings is 1. The number of hydrogen-bond donors (Lipinski definition) is 2. The highest BCUT2D eigenvalue weighted by Crippen LogP contribution is 2.12. The summed E-state index contributed by atoms with van der Waals surface area (Å²) in [6, 6.07) is 7.15. The maximum absolute atomic E-state index is 12.0. The second-order valence-electron chi connectivity index (χ2n) is 5.68. The molecular weight excluding hydrogens is 300 g/mol. The highest BCUT2D eigenvalue weighted by molar-refractivity contribution is 7.88. The van der Waals surface area contributed by atoms with Crippen LogP contribution < -0.4 is 10.0 Å². The van der Waals surface area contributed by atoms with E-state index in [4.69, 9.17) is 0 Å². The first-order valence-corrected chi connectivity index (χ1v) is 9.32. The van der Waals surface area contributed by atoms with Crippen LogP contribution in [0.15, 0.2) is 24.3 Å². The lowest BCUT2D eigenvalue weighted by Crippen LogP contribution is -2.31. The third-order valence-electron chi connectivity index (χ3n) is 3.11. The highest BCUT2D eigenvalue weighted by atomic mass is 32.2. The van der Waals surface area contributed by atoms with Crippen molar-refractivity contribution in [3.8, 4) is 0 Å². The molecule has 0 fully saturated rings. The quantitative estimate of drug-likeness (QED) is 0.731. The minimum Gasteiger partial charge on any atom is -0.352 e. The highest BCUT2D eigenvalue weighted by Gasteiger charge is 2.15. The maximum Gasteiger partial charge on any atom is 0.220 e. The number of unbranched alkanes of at least 4 members (excludes halogenated alkanes) is 1. The summed E-state index contributed by atoms with van der Waals surface area (Å²) in [7, 11) is -3.37. The second-order valence-corrected chi connectivity index (χ2v) is 7.43. The predicted molar refractivity (Wildman–Crippen MR) is 88.7 cm³/mol. The summed E-state index contributed by atoms with van der Waals surface area (Å²) in [4.78, 5) is 11.7. The lowest BCUT2D eigenvalue weighted by atomic mass is 10.1. The molecule has 124 valence electrons. The Bertz CT molecular complexity index is 583. The van der Waals surface area contributed by atoms with Crippen LogP contribution in [-0.4, -0.2) is 20.4 Å². The summed E-state index contributed by atoms with van der Waals surface area (Å²) in [6.45, 7) is 5.97. The van der Waals surface area contributed by atoms with Crippen LogP contribution in [0.3, 0.4) is 0 Å². The van der Waals surface area contributed by atoms with Crippen molar-refractivity contribution in [2.45, 2.75) is 58.4 Å². The van der Waals surface area contributed by atoms with Gasteiger partial charge in [-0.15, -0.1) is 0 Å². The van der Waals surface area contributed by atoms with E-state index in [0.29, 0.717) is 18.5 Å². The van der Waals surface area contributed by atoms with Gasteiger partial charge in [0.2, 0.25) is 15.9 Å². The average molecular weight is 326 g/mol. The molecule has 2 N–H and O–H groups in total. The Hall–Kier alpha value is -1.40. The number of rotatable bonds is 9. The molecule has 1 aromatic rings. The summed E-state index contributed by atoms with van der Waals surface area (Å²) < 4.78 is 26.7. The normalized spacial score (nSPS) is 11.6. The van der Waals surface area contributed by atoms with Gasteiger partial charge in [-0.25, -0.2) is 13.1 Å². The molecule has 5 nitrogen and oxygen atoms in total. The van der Waals surface area contributed by atoms with Crippen LogP contribution in [0.4, 0.5) is 0 Å². The number of sulfonamides is 1. The van der Waals surface area contributed by atoms with Crippen LogP contribution in [0, 0.1) is 0 Å². The van der Waals surface area contributed by atoms with Crippen molar-refractivity contribution in [1.29, 1.82) is 0 Å². The number of carbonyl (C=O) groups is 1. The Morgan fingerprint density at radius 1 is 1.18 bits per heavy atom. The van der Waals surface area contributed by atoms with Gasteiger partial charge in [0.05, 0.1) is 5.75 Å². The zero-order valence-electron chi connectivity index (χ0n) is 13.6. The van der Waals surface area contributed by atoms with Gasteiger partial charge < -0.3 is 5.32 Å². The third kappa shape index (κ3) is 7.04.